The van der Waals surface area contributed by atoms with E-state index in [1.807, 2.05) is 13.0 Å². The van der Waals surface area contributed by atoms with Crippen LogP contribution >= 0.6 is 11.8 Å². The molecule has 1 N–H and O–H groups in total. The highest BCUT2D eigenvalue weighted by atomic mass is 32.2. The molecule has 0 rings (SSSR count). The number of aliphatic hydroxyl groups is 1. The molecule has 0 aliphatic rings. The highest BCUT2D eigenvalue weighted by Gasteiger charge is 2.57. The van der Waals surface area contributed by atoms with Crippen molar-refractivity contribution < 1.29 is 33.7 Å². The van der Waals surface area contributed by atoms with Gasteiger partial charge in [0.05, 0.1) is 20.3 Å². The summed E-state index contributed by atoms with van der Waals surface area (Å²) in [5.41, 5.74) is 0.961. The molecule has 0 saturated heterocycles. The van der Waals surface area contributed by atoms with E-state index in [0.29, 0.717) is 0 Å². The van der Waals surface area contributed by atoms with E-state index in [1.54, 1.807) is 0 Å². The SMILES string of the molecule is CCOC(=O)C(O)(C(=O)OCC)C(SCC=C(C)CCC=C(C)CCC=C(C)C)C(=O)OC. The summed E-state index contributed by atoms with van der Waals surface area (Å²) in [6.07, 6.45) is 10.2. The molecule has 1 atom stereocenters. The molecule has 0 spiro atoms. The Balaban J connectivity index is 5.23. The molecule has 0 bridgehead atoms. The number of hydrogen-bond donors (Lipinski definition) is 1. The third-order valence-electron chi connectivity index (χ3n) is 4.79. The Labute approximate surface area is 202 Å². The maximum absolute atomic E-state index is 12.4. The number of methoxy groups -OCH3 is 1. The van der Waals surface area contributed by atoms with E-state index in [9.17, 15) is 19.5 Å². The van der Waals surface area contributed by atoms with Crippen LogP contribution in [0.15, 0.2) is 34.9 Å². The zero-order valence-electron chi connectivity index (χ0n) is 21.1. The van der Waals surface area contributed by atoms with Crippen molar-refractivity contribution in [2.75, 3.05) is 26.1 Å². The van der Waals surface area contributed by atoms with Crippen LogP contribution < -0.4 is 0 Å². The van der Waals surface area contributed by atoms with Crippen LogP contribution in [0.1, 0.15) is 67.2 Å². The van der Waals surface area contributed by atoms with Crippen molar-refractivity contribution in [3.05, 3.63) is 34.9 Å². The average Bonchev–Trinajstić information content (AvgIpc) is 2.75. The largest absolute Gasteiger partial charge is 0.468 e. The second kappa shape index (κ2) is 16.5. The zero-order valence-corrected chi connectivity index (χ0v) is 21.9. The molecular weight excluding hydrogens is 444 g/mol. The second-order valence-electron chi connectivity index (χ2n) is 7.90. The van der Waals surface area contributed by atoms with Gasteiger partial charge in [0.1, 0.15) is 0 Å². The molecule has 0 radical (unpaired) electrons. The molecule has 33 heavy (non-hydrogen) atoms. The quantitative estimate of drug-likeness (QED) is 0.157. The van der Waals surface area contributed by atoms with Crippen molar-refractivity contribution in [3.8, 4) is 0 Å². The summed E-state index contributed by atoms with van der Waals surface area (Å²) in [5.74, 6) is -3.10. The Hall–Kier alpha value is -2.06. The van der Waals surface area contributed by atoms with Crippen molar-refractivity contribution >= 4 is 29.7 Å². The van der Waals surface area contributed by atoms with E-state index in [1.165, 1.54) is 25.0 Å². The lowest BCUT2D eigenvalue weighted by Gasteiger charge is -2.29. The number of rotatable bonds is 15. The molecule has 0 heterocycles. The molecular formula is C25H40O7S. The predicted molar refractivity (Wildman–Crippen MR) is 132 cm³/mol. The van der Waals surface area contributed by atoms with Gasteiger partial charge in [-0.2, -0.15) is 0 Å². The Morgan fingerprint density at radius 2 is 1.36 bits per heavy atom. The van der Waals surface area contributed by atoms with Crippen LogP contribution in [0.2, 0.25) is 0 Å². The fourth-order valence-corrected chi connectivity index (χ4v) is 4.11. The van der Waals surface area contributed by atoms with Crippen LogP contribution in [0.3, 0.4) is 0 Å². The molecule has 7 nitrogen and oxygen atoms in total. The molecule has 0 aromatic carbocycles. The summed E-state index contributed by atoms with van der Waals surface area (Å²) in [6, 6.07) is 0. The fraction of sp³-hybridized carbons (Fsp3) is 0.640. The van der Waals surface area contributed by atoms with Gasteiger partial charge in [-0.25, -0.2) is 9.59 Å². The van der Waals surface area contributed by atoms with Crippen LogP contribution in [0, 0.1) is 0 Å². The van der Waals surface area contributed by atoms with Crippen molar-refractivity contribution in [3.63, 3.8) is 0 Å². The number of carbonyl (C=O) groups excluding carboxylic acids is 3. The molecule has 0 amide bonds. The number of carbonyl (C=O) groups is 3. The van der Waals surface area contributed by atoms with Crippen LogP contribution in [0.5, 0.6) is 0 Å². The van der Waals surface area contributed by atoms with E-state index in [4.69, 9.17) is 14.2 Å². The summed E-state index contributed by atoms with van der Waals surface area (Å²) in [7, 11) is 1.12. The van der Waals surface area contributed by atoms with E-state index in [2.05, 4.69) is 32.9 Å². The van der Waals surface area contributed by atoms with E-state index in [0.717, 1.165) is 50.1 Å². The summed E-state index contributed by atoms with van der Waals surface area (Å²) < 4.78 is 14.5. The smallest absolute Gasteiger partial charge is 0.351 e. The van der Waals surface area contributed by atoms with E-state index >= 15 is 0 Å². The summed E-state index contributed by atoms with van der Waals surface area (Å²) in [4.78, 5) is 37.3. The van der Waals surface area contributed by atoms with Crippen LogP contribution in [0.4, 0.5) is 0 Å². The molecule has 0 fully saturated rings. The standard InChI is InChI=1S/C25H40O7S/c1-8-31-23(27)25(29,24(28)32-9-2)21(22(26)30-7)33-17-16-20(6)15-11-14-19(5)13-10-12-18(3)4/h12,14,16,21,29H,8-11,13,15,17H2,1-7H3. The van der Waals surface area contributed by atoms with Gasteiger partial charge < -0.3 is 19.3 Å². The first-order valence-electron chi connectivity index (χ1n) is 11.2. The third kappa shape index (κ3) is 11.1. The maximum Gasteiger partial charge on any atom is 0.351 e. The van der Waals surface area contributed by atoms with Gasteiger partial charge in [-0.3, -0.25) is 4.79 Å². The van der Waals surface area contributed by atoms with Gasteiger partial charge >= 0.3 is 17.9 Å². The van der Waals surface area contributed by atoms with Gasteiger partial charge in [-0.05, 0) is 67.2 Å². The minimum absolute atomic E-state index is 0.0700. The van der Waals surface area contributed by atoms with Gasteiger partial charge in [-0.15, -0.1) is 11.8 Å². The number of allylic oxidation sites excluding steroid dienone is 5. The summed E-state index contributed by atoms with van der Waals surface area (Å²) >= 11 is 0.927. The number of esters is 3. The molecule has 188 valence electrons. The first kappa shape index (κ1) is 30.9. The lowest BCUT2D eigenvalue weighted by atomic mass is 9.99. The van der Waals surface area contributed by atoms with Crippen molar-refractivity contribution in [1.82, 2.24) is 0 Å². The Bertz CT molecular complexity index is 715. The average molecular weight is 485 g/mol. The Morgan fingerprint density at radius 3 is 1.82 bits per heavy atom. The van der Waals surface area contributed by atoms with Gasteiger partial charge in [0.2, 0.25) is 0 Å². The lowest BCUT2D eigenvalue weighted by Crippen LogP contribution is -2.59. The van der Waals surface area contributed by atoms with E-state index < -0.39 is 28.8 Å². The molecule has 0 aliphatic heterocycles. The maximum atomic E-state index is 12.4. The monoisotopic (exact) mass is 484 g/mol. The van der Waals surface area contributed by atoms with Crippen molar-refractivity contribution in [2.45, 2.75) is 78.1 Å². The van der Waals surface area contributed by atoms with Gasteiger partial charge in [0, 0.05) is 5.75 Å². The second-order valence-corrected chi connectivity index (χ2v) is 9.04. The van der Waals surface area contributed by atoms with Crippen molar-refractivity contribution in [2.24, 2.45) is 0 Å². The molecule has 0 aliphatic carbocycles. The first-order chi connectivity index (χ1) is 15.5. The number of hydrogen-bond acceptors (Lipinski definition) is 8. The number of thioether (sulfide) groups is 1. The van der Waals surface area contributed by atoms with Crippen molar-refractivity contribution in [1.29, 1.82) is 0 Å². The van der Waals surface area contributed by atoms with Crippen LogP contribution in [0.25, 0.3) is 0 Å². The lowest BCUT2D eigenvalue weighted by molar-refractivity contribution is -0.186. The number of ether oxygens (including phenoxy) is 3. The third-order valence-corrected chi connectivity index (χ3v) is 6.01. The summed E-state index contributed by atoms with van der Waals surface area (Å²) in [6.45, 7) is 11.2. The topological polar surface area (TPSA) is 99.1 Å². The molecule has 8 heteroatoms. The van der Waals surface area contributed by atoms with Gasteiger partial charge in [0.15, 0.2) is 5.25 Å². The molecule has 0 saturated carbocycles. The first-order valence-corrected chi connectivity index (χ1v) is 12.3. The van der Waals surface area contributed by atoms with Gasteiger partial charge in [-0.1, -0.05) is 34.9 Å². The Morgan fingerprint density at radius 1 is 0.879 bits per heavy atom. The minimum atomic E-state index is -2.79. The van der Waals surface area contributed by atoms with Crippen LogP contribution in [-0.4, -0.2) is 59.9 Å². The molecule has 1 unspecified atom stereocenters. The highest BCUT2D eigenvalue weighted by molar-refractivity contribution is 8.00. The molecule has 0 aromatic heterocycles. The molecule has 0 aromatic rings. The zero-order chi connectivity index (χ0) is 25.4. The van der Waals surface area contributed by atoms with E-state index in [-0.39, 0.29) is 19.0 Å². The van der Waals surface area contributed by atoms with Crippen LogP contribution in [-0.2, 0) is 28.6 Å². The predicted octanol–water partition coefficient (Wildman–Crippen LogP) is 4.54. The summed E-state index contributed by atoms with van der Waals surface area (Å²) in [5, 5.41) is 9.42. The fourth-order valence-electron chi connectivity index (χ4n) is 2.87. The minimum Gasteiger partial charge on any atom is -0.468 e. The Kier molecular flexibility index (Phi) is 15.5. The normalized spacial score (nSPS) is 13.2. The van der Waals surface area contributed by atoms with Gasteiger partial charge in [0.25, 0.3) is 5.60 Å². The highest BCUT2D eigenvalue weighted by Crippen LogP contribution is 2.29.